The lowest BCUT2D eigenvalue weighted by molar-refractivity contribution is 0.454. The van der Waals surface area contributed by atoms with Crippen LogP contribution in [0.2, 0.25) is 0 Å². The summed E-state index contributed by atoms with van der Waals surface area (Å²) in [6, 6.07) is 5.65. The van der Waals surface area contributed by atoms with E-state index in [0.717, 1.165) is 11.1 Å². The molecule has 0 saturated carbocycles. The lowest BCUT2D eigenvalue weighted by Gasteiger charge is -2.16. The molecular weight excluding hydrogens is 234 g/mol. The van der Waals surface area contributed by atoms with Gasteiger partial charge in [-0.05, 0) is 19.9 Å². The van der Waals surface area contributed by atoms with Crippen LogP contribution in [-0.2, 0) is 10.8 Å². The van der Waals surface area contributed by atoms with Crippen LogP contribution in [0, 0.1) is 6.92 Å². The second kappa shape index (κ2) is 6.77. The molecule has 2 unspecified atom stereocenters. The number of benzene rings is 1. The van der Waals surface area contributed by atoms with Crippen molar-refractivity contribution in [3.8, 4) is 5.75 Å². The molecule has 2 atom stereocenters. The molecule has 0 spiro atoms. The normalized spacial score (nSPS) is 14.5. The van der Waals surface area contributed by atoms with Gasteiger partial charge in [-0.25, -0.2) is 0 Å². The van der Waals surface area contributed by atoms with Crippen LogP contribution in [0.5, 0.6) is 5.75 Å². The van der Waals surface area contributed by atoms with Crippen molar-refractivity contribution < 1.29 is 9.32 Å². The number of phenols is 1. The molecule has 1 rings (SSSR count). The van der Waals surface area contributed by atoms with Crippen molar-refractivity contribution in [1.82, 2.24) is 5.32 Å². The lowest BCUT2D eigenvalue weighted by atomic mass is 10.0. The third-order valence-electron chi connectivity index (χ3n) is 2.75. The van der Waals surface area contributed by atoms with Crippen LogP contribution in [0.1, 0.15) is 31.0 Å². The zero-order chi connectivity index (χ0) is 12.8. The molecule has 2 N–H and O–H groups in total. The van der Waals surface area contributed by atoms with Crippen LogP contribution in [0.4, 0.5) is 0 Å². The van der Waals surface area contributed by atoms with Gasteiger partial charge in [-0.1, -0.05) is 24.6 Å². The predicted molar refractivity (Wildman–Crippen MR) is 72.8 cm³/mol. The van der Waals surface area contributed by atoms with Gasteiger partial charge in [0.2, 0.25) is 0 Å². The first kappa shape index (κ1) is 14.2. The summed E-state index contributed by atoms with van der Waals surface area (Å²) >= 11 is 0. The molecule has 0 aromatic heterocycles. The number of nitrogens with one attached hydrogen (secondary N) is 1. The van der Waals surface area contributed by atoms with E-state index in [1.165, 1.54) is 0 Å². The van der Waals surface area contributed by atoms with Gasteiger partial charge in [-0.15, -0.1) is 0 Å². The Hall–Kier alpha value is -0.870. The van der Waals surface area contributed by atoms with Crippen LogP contribution in [-0.4, -0.2) is 27.4 Å². The minimum atomic E-state index is -0.735. The second-order valence-electron chi connectivity index (χ2n) is 4.17. The van der Waals surface area contributed by atoms with Crippen LogP contribution in [0.25, 0.3) is 0 Å². The van der Waals surface area contributed by atoms with Crippen molar-refractivity contribution in [1.29, 1.82) is 0 Å². The molecule has 0 heterocycles. The van der Waals surface area contributed by atoms with Crippen molar-refractivity contribution in [2.24, 2.45) is 0 Å². The van der Waals surface area contributed by atoms with Gasteiger partial charge < -0.3 is 10.4 Å². The number of aromatic hydroxyl groups is 1. The number of phenolic OH excluding ortho intramolecular Hbond substituents is 1. The van der Waals surface area contributed by atoms with Crippen molar-refractivity contribution in [2.75, 3.05) is 18.1 Å². The molecule has 0 bridgehead atoms. The maximum Gasteiger partial charge on any atom is 0.120 e. The van der Waals surface area contributed by atoms with Gasteiger partial charge in [-0.2, -0.15) is 0 Å². The Bertz CT molecular complexity index is 393. The molecular formula is C13H21NO2S. The topological polar surface area (TPSA) is 49.3 Å². The first-order valence-electron chi connectivity index (χ1n) is 5.92. The Morgan fingerprint density at radius 3 is 2.82 bits per heavy atom. The molecule has 1 aromatic carbocycles. The lowest BCUT2D eigenvalue weighted by Crippen LogP contribution is -2.24. The van der Waals surface area contributed by atoms with Crippen molar-refractivity contribution in [2.45, 2.75) is 26.8 Å². The van der Waals surface area contributed by atoms with Gasteiger partial charge in [-0.3, -0.25) is 4.21 Å². The molecule has 0 aliphatic heterocycles. The Kier molecular flexibility index (Phi) is 5.65. The molecule has 3 nitrogen and oxygen atoms in total. The second-order valence-corrected chi connectivity index (χ2v) is 6.04. The van der Waals surface area contributed by atoms with E-state index in [4.69, 9.17) is 0 Å². The van der Waals surface area contributed by atoms with Crippen LogP contribution in [0.3, 0.4) is 0 Å². The largest absolute Gasteiger partial charge is 0.508 e. The quantitative estimate of drug-likeness (QED) is 0.818. The summed E-state index contributed by atoms with van der Waals surface area (Å²) in [7, 11) is -0.735. The molecule has 0 fully saturated rings. The summed E-state index contributed by atoms with van der Waals surface area (Å²) < 4.78 is 11.3. The van der Waals surface area contributed by atoms with E-state index < -0.39 is 10.8 Å². The maximum absolute atomic E-state index is 11.3. The summed E-state index contributed by atoms with van der Waals surface area (Å²) in [5.74, 6) is 1.67. The SMILES string of the molecule is CCS(=O)CCNC(C)c1cc(C)ccc1O. The monoisotopic (exact) mass is 255 g/mol. The fraction of sp³-hybridized carbons (Fsp3) is 0.538. The van der Waals surface area contributed by atoms with Crippen molar-refractivity contribution >= 4 is 10.8 Å². The Balaban J connectivity index is 2.54. The molecule has 0 radical (unpaired) electrons. The smallest absolute Gasteiger partial charge is 0.120 e. The zero-order valence-corrected chi connectivity index (χ0v) is 11.5. The third-order valence-corrected chi connectivity index (χ3v) is 4.06. The molecule has 0 aliphatic carbocycles. The average Bonchev–Trinajstić information content (AvgIpc) is 2.31. The number of rotatable bonds is 6. The molecule has 17 heavy (non-hydrogen) atoms. The minimum absolute atomic E-state index is 0.0729. The van der Waals surface area contributed by atoms with E-state index in [1.54, 1.807) is 6.07 Å². The first-order chi connectivity index (χ1) is 8.04. The van der Waals surface area contributed by atoms with E-state index >= 15 is 0 Å². The maximum atomic E-state index is 11.3. The van der Waals surface area contributed by atoms with Gasteiger partial charge in [0, 0.05) is 40.5 Å². The van der Waals surface area contributed by atoms with E-state index in [1.807, 2.05) is 32.9 Å². The molecule has 0 amide bonds. The third kappa shape index (κ3) is 4.48. The molecule has 0 saturated heterocycles. The standard InChI is InChI=1S/C13H21NO2S/c1-4-17(16)8-7-14-11(3)12-9-10(2)5-6-13(12)15/h5-6,9,11,14-15H,4,7-8H2,1-3H3. The highest BCUT2D eigenvalue weighted by molar-refractivity contribution is 7.84. The Morgan fingerprint density at radius 2 is 2.18 bits per heavy atom. The van der Waals surface area contributed by atoms with Gasteiger partial charge in [0.25, 0.3) is 0 Å². The predicted octanol–water partition coefficient (Wildman–Crippen LogP) is 2.12. The van der Waals surface area contributed by atoms with Crippen molar-refractivity contribution in [3.05, 3.63) is 29.3 Å². The Labute approximate surface area is 106 Å². The number of aryl methyl sites for hydroxylation is 1. The van der Waals surface area contributed by atoms with Gasteiger partial charge in [0.1, 0.15) is 5.75 Å². The molecule has 4 heteroatoms. The first-order valence-corrected chi connectivity index (χ1v) is 7.41. The fourth-order valence-corrected chi connectivity index (χ4v) is 2.30. The molecule has 0 aliphatic rings. The highest BCUT2D eigenvalue weighted by Crippen LogP contribution is 2.24. The fourth-order valence-electron chi connectivity index (χ4n) is 1.66. The van der Waals surface area contributed by atoms with E-state index in [-0.39, 0.29) is 6.04 Å². The van der Waals surface area contributed by atoms with Crippen LogP contribution < -0.4 is 5.32 Å². The van der Waals surface area contributed by atoms with Crippen LogP contribution >= 0.6 is 0 Å². The van der Waals surface area contributed by atoms with Gasteiger partial charge >= 0.3 is 0 Å². The highest BCUT2D eigenvalue weighted by atomic mass is 32.2. The molecule has 96 valence electrons. The van der Waals surface area contributed by atoms with E-state index in [2.05, 4.69) is 5.32 Å². The summed E-state index contributed by atoms with van der Waals surface area (Å²) in [5, 5.41) is 13.0. The summed E-state index contributed by atoms with van der Waals surface area (Å²) in [4.78, 5) is 0. The summed E-state index contributed by atoms with van der Waals surface area (Å²) in [5.41, 5.74) is 2.02. The number of hydrogen-bond acceptors (Lipinski definition) is 3. The zero-order valence-electron chi connectivity index (χ0n) is 10.7. The van der Waals surface area contributed by atoms with Crippen molar-refractivity contribution in [3.63, 3.8) is 0 Å². The van der Waals surface area contributed by atoms with Gasteiger partial charge in [0.15, 0.2) is 0 Å². The number of hydrogen-bond donors (Lipinski definition) is 2. The molecule has 1 aromatic rings. The summed E-state index contributed by atoms with van der Waals surface area (Å²) in [6.07, 6.45) is 0. The Morgan fingerprint density at radius 1 is 1.47 bits per heavy atom. The highest BCUT2D eigenvalue weighted by Gasteiger charge is 2.10. The van der Waals surface area contributed by atoms with E-state index in [0.29, 0.717) is 23.8 Å². The van der Waals surface area contributed by atoms with E-state index in [9.17, 15) is 9.32 Å². The minimum Gasteiger partial charge on any atom is -0.508 e. The van der Waals surface area contributed by atoms with Gasteiger partial charge in [0.05, 0.1) is 0 Å². The summed E-state index contributed by atoms with van der Waals surface area (Å²) in [6.45, 7) is 6.63. The average molecular weight is 255 g/mol. The van der Waals surface area contributed by atoms with Crippen LogP contribution in [0.15, 0.2) is 18.2 Å².